The lowest BCUT2D eigenvalue weighted by Crippen LogP contribution is -2.25. The number of carboxylic acid groups (broad SMARTS) is 1. The van der Waals surface area contributed by atoms with Gasteiger partial charge in [-0.1, -0.05) is 19.8 Å². The number of hydrogen-bond donors (Lipinski definition) is 2. The Balaban J connectivity index is 2.27. The van der Waals surface area contributed by atoms with Crippen molar-refractivity contribution in [3.63, 3.8) is 0 Å². The van der Waals surface area contributed by atoms with Gasteiger partial charge in [-0.2, -0.15) is 11.3 Å². The van der Waals surface area contributed by atoms with E-state index in [1.165, 1.54) is 11.3 Å². The zero-order chi connectivity index (χ0) is 14.1. The number of carboxylic acids is 1. The average Bonchev–Trinajstić information content (AvgIpc) is 2.89. The Morgan fingerprint density at radius 2 is 2.16 bits per heavy atom. The molecule has 1 aromatic rings. The van der Waals surface area contributed by atoms with Gasteiger partial charge in [-0.3, -0.25) is 9.59 Å². The summed E-state index contributed by atoms with van der Waals surface area (Å²) in [6.07, 6.45) is 3.81. The van der Waals surface area contributed by atoms with E-state index >= 15 is 0 Å². The van der Waals surface area contributed by atoms with Crippen LogP contribution in [0.3, 0.4) is 0 Å². The third-order valence-corrected chi connectivity index (χ3v) is 3.77. The van der Waals surface area contributed by atoms with Gasteiger partial charge in [0.1, 0.15) is 0 Å². The molecule has 5 heteroatoms. The van der Waals surface area contributed by atoms with E-state index in [0.717, 1.165) is 19.3 Å². The van der Waals surface area contributed by atoms with E-state index in [-0.39, 0.29) is 12.3 Å². The summed E-state index contributed by atoms with van der Waals surface area (Å²) < 4.78 is 0. The number of thiophene rings is 1. The Kier molecular flexibility index (Phi) is 7.18. The normalized spacial score (nSPS) is 12.1. The first-order valence-corrected chi connectivity index (χ1v) is 7.60. The fourth-order valence-electron chi connectivity index (χ4n) is 2.05. The van der Waals surface area contributed by atoms with E-state index in [9.17, 15) is 9.59 Å². The van der Waals surface area contributed by atoms with Gasteiger partial charge in [0, 0.05) is 23.9 Å². The van der Waals surface area contributed by atoms with E-state index in [1.807, 2.05) is 10.8 Å². The third-order valence-electron chi connectivity index (χ3n) is 3.08. The molecule has 0 fully saturated rings. The van der Waals surface area contributed by atoms with Crippen LogP contribution in [0.15, 0.2) is 16.8 Å². The maximum Gasteiger partial charge on any atom is 0.303 e. The number of nitrogens with one attached hydrogen (secondary N) is 1. The fraction of sp³-hybridized carbons (Fsp3) is 0.571. The predicted octanol–water partition coefficient (Wildman–Crippen LogP) is 3.15. The smallest absolute Gasteiger partial charge is 0.303 e. The highest BCUT2D eigenvalue weighted by Gasteiger charge is 2.11. The summed E-state index contributed by atoms with van der Waals surface area (Å²) in [5, 5.41) is 15.3. The fourth-order valence-corrected chi connectivity index (χ4v) is 2.69. The number of rotatable bonds is 9. The van der Waals surface area contributed by atoms with Gasteiger partial charge < -0.3 is 10.4 Å². The molecule has 0 bridgehead atoms. The van der Waals surface area contributed by atoms with E-state index in [1.54, 1.807) is 6.07 Å². The number of carbonyl (C=O) groups is 2. The average molecular weight is 283 g/mol. The molecule has 1 unspecified atom stereocenters. The Morgan fingerprint density at radius 3 is 2.74 bits per heavy atom. The van der Waals surface area contributed by atoms with Crippen LogP contribution in [0.4, 0.5) is 0 Å². The van der Waals surface area contributed by atoms with Crippen molar-refractivity contribution in [2.45, 2.75) is 39.0 Å². The zero-order valence-corrected chi connectivity index (χ0v) is 12.0. The number of carbonyl (C=O) groups excluding carboxylic acids is 1. The highest BCUT2D eigenvalue weighted by atomic mass is 32.1. The highest BCUT2D eigenvalue weighted by Crippen LogP contribution is 2.17. The summed E-state index contributed by atoms with van der Waals surface area (Å²) in [5.41, 5.74) is 0.697. The molecule has 0 aliphatic heterocycles. The van der Waals surface area contributed by atoms with Gasteiger partial charge in [-0.25, -0.2) is 0 Å². The molecule has 0 saturated heterocycles. The molecule has 19 heavy (non-hydrogen) atoms. The summed E-state index contributed by atoms with van der Waals surface area (Å²) in [5.74, 6) is -0.415. The van der Waals surface area contributed by atoms with Crippen LogP contribution in [0.1, 0.15) is 49.4 Å². The van der Waals surface area contributed by atoms with E-state index in [0.29, 0.717) is 24.4 Å². The SMILES string of the molecule is CCCC(CCNC(=O)c1ccsc1)CCC(=O)O. The molecule has 0 spiro atoms. The molecule has 2 N–H and O–H groups in total. The van der Waals surface area contributed by atoms with Gasteiger partial charge in [0.15, 0.2) is 0 Å². The molecule has 1 atom stereocenters. The van der Waals surface area contributed by atoms with Crippen LogP contribution in [0, 0.1) is 5.92 Å². The predicted molar refractivity (Wildman–Crippen MR) is 76.5 cm³/mol. The Labute approximate surface area is 117 Å². The summed E-state index contributed by atoms with van der Waals surface area (Å²) in [7, 11) is 0. The van der Waals surface area contributed by atoms with Gasteiger partial charge in [0.05, 0.1) is 0 Å². The molecule has 0 radical (unpaired) electrons. The van der Waals surface area contributed by atoms with Gasteiger partial charge in [0.2, 0.25) is 0 Å². The molecule has 1 heterocycles. The van der Waals surface area contributed by atoms with Gasteiger partial charge in [-0.15, -0.1) is 0 Å². The molecule has 0 aliphatic carbocycles. The first-order valence-electron chi connectivity index (χ1n) is 6.65. The molecular formula is C14H21NO3S. The lowest BCUT2D eigenvalue weighted by molar-refractivity contribution is -0.137. The van der Waals surface area contributed by atoms with Crippen LogP contribution in [0.2, 0.25) is 0 Å². The first-order chi connectivity index (χ1) is 9.13. The van der Waals surface area contributed by atoms with Gasteiger partial charge in [-0.05, 0) is 30.2 Å². The molecule has 0 saturated carbocycles. The van der Waals surface area contributed by atoms with Crippen molar-refractivity contribution in [3.05, 3.63) is 22.4 Å². The van der Waals surface area contributed by atoms with E-state index in [2.05, 4.69) is 12.2 Å². The van der Waals surface area contributed by atoms with Crippen LogP contribution in [0.5, 0.6) is 0 Å². The van der Waals surface area contributed by atoms with Crippen molar-refractivity contribution in [2.24, 2.45) is 5.92 Å². The second kappa shape index (κ2) is 8.69. The van der Waals surface area contributed by atoms with Crippen LogP contribution < -0.4 is 5.32 Å². The Bertz CT molecular complexity index is 389. The standard InChI is InChI=1S/C14H21NO3S/c1-2-3-11(4-5-13(16)17)6-8-15-14(18)12-7-9-19-10-12/h7,9-11H,2-6,8H2,1H3,(H,15,18)(H,16,17). The second-order valence-electron chi connectivity index (χ2n) is 4.64. The van der Waals surface area contributed by atoms with Crippen molar-refractivity contribution in [3.8, 4) is 0 Å². The van der Waals surface area contributed by atoms with Crippen molar-refractivity contribution >= 4 is 23.2 Å². The molecule has 4 nitrogen and oxygen atoms in total. The number of amides is 1. The highest BCUT2D eigenvalue weighted by molar-refractivity contribution is 7.08. The molecule has 1 aromatic heterocycles. The summed E-state index contributed by atoms with van der Waals surface area (Å²) in [4.78, 5) is 22.3. The largest absolute Gasteiger partial charge is 0.481 e. The van der Waals surface area contributed by atoms with Crippen LogP contribution in [-0.2, 0) is 4.79 Å². The Morgan fingerprint density at radius 1 is 1.37 bits per heavy atom. The maximum absolute atomic E-state index is 11.7. The van der Waals surface area contributed by atoms with Crippen molar-refractivity contribution < 1.29 is 14.7 Å². The zero-order valence-electron chi connectivity index (χ0n) is 11.2. The van der Waals surface area contributed by atoms with Crippen LogP contribution in [-0.4, -0.2) is 23.5 Å². The second-order valence-corrected chi connectivity index (χ2v) is 5.42. The molecule has 106 valence electrons. The molecule has 1 rings (SSSR count). The molecule has 0 aliphatic rings. The number of aliphatic carboxylic acids is 1. The lowest BCUT2D eigenvalue weighted by Gasteiger charge is -2.15. The van der Waals surface area contributed by atoms with Crippen molar-refractivity contribution in [1.29, 1.82) is 0 Å². The minimum absolute atomic E-state index is 0.0465. The third kappa shape index (κ3) is 6.38. The van der Waals surface area contributed by atoms with E-state index in [4.69, 9.17) is 5.11 Å². The minimum Gasteiger partial charge on any atom is -0.481 e. The minimum atomic E-state index is -0.747. The summed E-state index contributed by atoms with van der Waals surface area (Å²) in [6, 6.07) is 1.80. The first kappa shape index (κ1) is 15.7. The molecule has 0 aromatic carbocycles. The summed E-state index contributed by atoms with van der Waals surface area (Å²) >= 11 is 1.50. The van der Waals surface area contributed by atoms with Crippen molar-refractivity contribution in [2.75, 3.05) is 6.54 Å². The number of hydrogen-bond acceptors (Lipinski definition) is 3. The van der Waals surface area contributed by atoms with Gasteiger partial charge >= 0.3 is 5.97 Å². The quantitative estimate of drug-likeness (QED) is 0.731. The Hall–Kier alpha value is -1.36. The molecule has 1 amide bonds. The monoisotopic (exact) mass is 283 g/mol. The van der Waals surface area contributed by atoms with Crippen LogP contribution >= 0.6 is 11.3 Å². The molecular weight excluding hydrogens is 262 g/mol. The maximum atomic E-state index is 11.7. The van der Waals surface area contributed by atoms with Crippen molar-refractivity contribution in [1.82, 2.24) is 5.32 Å². The van der Waals surface area contributed by atoms with Crippen LogP contribution in [0.25, 0.3) is 0 Å². The van der Waals surface area contributed by atoms with Gasteiger partial charge in [0.25, 0.3) is 5.91 Å². The van der Waals surface area contributed by atoms with E-state index < -0.39 is 5.97 Å². The lowest BCUT2D eigenvalue weighted by atomic mass is 9.94. The summed E-state index contributed by atoms with van der Waals surface area (Å²) in [6.45, 7) is 2.71. The topological polar surface area (TPSA) is 66.4 Å².